The first kappa shape index (κ1) is 19.7. The lowest BCUT2D eigenvalue weighted by Crippen LogP contribution is -2.08. The smallest absolute Gasteiger partial charge is 0.122 e. The third-order valence-electron chi connectivity index (χ3n) is 5.09. The molecule has 1 unspecified atom stereocenters. The molecule has 1 saturated heterocycles. The van der Waals surface area contributed by atoms with Crippen molar-refractivity contribution in [3.05, 3.63) is 63.1 Å². The van der Waals surface area contributed by atoms with E-state index in [2.05, 4.69) is 39.4 Å². The molecule has 2 aromatic carbocycles. The maximum absolute atomic E-state index is 6.10. The molecule has 0 bridgehead atoms. The number of para-hydroxylation sites is 1. The van der Waals surface area contributed by atoms with E-state index in [1.54, 1.807) is 0 Å². The third kappa shape index (κ3) is 6.00. The van der Waals surface area contributed by atoms with Gasteiger partial charge >= 0.3 is 0 Å². The zero-order valence-corrected chi connectivity index (χ0v) is 17.5. The van der Waals surface area contributed by atoms with Gasteiger partial charge in [0.1, 0.15) is 12.4 Å². The number of halogens is 2. The summed E-state index contributed by atoms with van der Waals surface area (Å²) in [6.45, 7) is 2.97. The Bertz CT molecular complexity index is 700. The van der Waals surface area contributed by atoms with Crippen molar-refractivity contribution in [1.29, 1.82) is 0 Å². The lowest BCUT2D eigenvalue weighted by atomic mass is 9.99. The molecular weight excluding hydrogens is 410 g/mol. The van der Waals surface area contributed by atoms with Crippen LogP contribution in [0.3, 0.4) is 0 Å². The average Bonchev–Trinajstić information content (AvgIpc) is 3.15. The summed E-state index contributed by atoms with van der Waals surface area (Å²) in [5.74, 6) is 1.90. The second kappa shape index (κ2) is 10.3. The molecule has 4 heteroatoms. The molecule has 0 aromatic heterocycles. The molecule has 1 aliphatic heterocycles. The SMILES string of the molecule is Clc1ccc(COc2ccccc2CCCCCC2CCNC2)c(Br)c1. The van der Waals surface area contributed by atoms with Crippen LogP contribution >= 0.6 is 27.5 Å². The summed E-state index contributed by atoms with van der Waals surface area (Å²) >= 11 is 9.57. The molecule has 0 spiro atoms. The van der Waals surface area contributed by atoms with E-state index in [0.29, 0.717) is 6.61 Å². The van der Waals surface area contributed by atoms with Crippen LogP contribution in [0.15, 0.2) is 46.9 Å². The minimum atomic E-state index is 0.545. The van der Waals surface area contributed by atoms with E-state index in [4.69, 9.17) is 16.3 Å². The number of hydrogen-bond acceptors (Lipinski definition) is 2. The number of ether oxygens (including phenoxy) is 1. The minimum absolute atomic E-state index is 0.545. The highest BCUT2D eigenvalue weighted by molar-refractivity contribution is 9.10. The first-order chi connectivity index (χ1) is 12.7. The van der Waals surface area contributed by atoms with Crippen LogP contribution in [0.4, 0.5) is 0 Å². The molecule has 1 N–H and O–H groups in total. The van der Waals surface area contributed by atoms with E-state index < -0.39 is 0 Å². The van der Waals surface area contributed by atoms with Crippen LogP contribution < -0.4 is 10.1 Å². The summed E-state index contributed by atoms with van der Waals surface area (Å²) < 4.78 is 7.09. The Morgan fingerprint density at radius 2 is 1.96 bits per heavy atom. The van der Waals surface area contributed by atoms with Crippen LogP contribution in [0.2, 0.25) is 5.02 Å². The molecule has 1 heterocycles. The lowest BCUT2D eigenvalue weighted by Gasteiger charge is -2.13. The van der Waals surface area contributed by atoms with E-state index in [9.17, 15) is 0 Å². The molecule has 1 fully saturated rings. The standard InChI is InChI=1S/C22H27BrClNO/c23-21-14-20(24)11-10-19(21)16-26-22-9-5-4-8-18(22)7-3-1-2-6-17-12-13-25-15-17/h4-5,8-11,14,17,25H,1-3,6-7,12-13,15-16H2. The van der Waals surface area contributed by atoms with Gasteiger partial charge in [-0.05, 0) is 68.5 Å². The topological polar surface area (TPSA) is 21.3 Å². The van der Waals surface area contributed by atoms with Gasteiger partial charge in [0.25, 0.3) is 0 Å². The van der Waals surface area contributed by atoms with Gasteiger partial charge in [0.2, 0.25) is 0 Å². The van der Waals surface area contributed by atoms with Crippen LogP contribution in [0, 0.1) is 5.92 Å². The van der Waals surface area contributed by atoms with Gasteiger partial charge in [0.05, 0.1) is 0 Å². The predicted octanol–water partition coefficient (Wildman–Crippen LogP) is 6.39. The van der Waals surface area contributed by atoms with Gasteiger partial charge in [-0.25, -0.2) is 0 Å². The molecule has 26 heavy (non-hydrogen) atoms. The first-order valence-corrected chi connectivity index (χ1v) is 10.7. The number of rotatable bonds is 9. The van der Waals surface area contributed by atoms with Gasteiger partial charge in [-0.3, -0.25) is 0 Å². The Kier molecular flexibility index (Phi) is 7.85. The second-order valence-corrected chi connectivity index (χ2v) is 8.38. The molecule has 140 valence electrons. The maximum atomic E-state index is 6.10. The van der Waals surface area contributed by atoms with E-state index in [1.165, 1.54) is 50.8 Å². The summed E-state index contributed by atoms with van der Waals surface area (Å²) in [6.07, 6.45) is 7.68. The van der Waals surface area contributed by atoms with Crippen LogP contribution in [0.5, 0.6) is 5.75 Å². The van der Waals surface area contributed by atoms with Crippen molar-refractivity contribution in [3.8, 4) is 5.75 Å². The first-order valence-electron chi connectivity index (χ1n) is 9.58. The van der Waals surface area contributed by atoms with Gasteiger partial charge in [-0.1, -0.05) is 64.6 Å². The van der Waals surface area contributed by atoms with Crippen molar-refractivity contribution in [1.82, 2.24) is 5.32 Å². The quantitative estimate of drug-likeness (QED) is 0.460. The summed E-state index contributed by atoms with van der Waals surface area (Å²) in [4.78, 5) is 0. The lowest BCUT2D eigenvalue weighted by molar-refractivity contribution is 0.302. The third-order valence-corrected chi connectivity index (χ3v) is 6.07. The van der Waals surface area contributed by atoms with Crippen molar-refractivity contribution in [2.45, 2.75) is 45.1 Å². The predicted molar refractivity (Wildman–Crippen MR) is 113 cm³/mol. The molecule has 0 radical (unpaired) electrons. The van der Waals surface area contributed by atoms with Crippen molar-refractivity contribution in [3.63, 3.8) is 0 Å². The van der Waals surface area contributed by atoms with Gasteiger partial charge < -0.3 is 10.1 Å². The molecule has 1 atom stereocenters. The summed E-state index contributed by atoms with van der Waals surface area (Å²) in [5, 5.41) is 4.18. The fourth-order valence-electron chi connectivity index (χ4n) is 3.53. The summed E-state index contributed by atoms with van der Waals surface area (Å²) in [6, 6.07) is 14.2. The van der Waals surface area contributed by atoms with Crippen LogP contribution in [0.1, 0.15) is 43.2 Å². The largest absolute Gasteiger partial charge is 0.489 e. The second-order valence-electron chi connectivity index (χ2n) is 7.09. The summed E-state index contributed by atoms with van der Waals surface area (Å²) in [5.41, 5.74) is 2.41. The Hall–Kier alpha value is -1.03. The van der Waals surface area contributed by atoms with Gasteiger partial charge in [-0.15, -0.1) is 0 Å². The maximum Gasteiger partial charge on any atom is 0.122 e. The minimum Gasteiger partial charge on any atom is -0.489 e. The molecule has 0 amide bonds. The molecule has 0 saturated carbocycles. The number of nitrogens with one attached hydrogen (secondary N) is 1. The normalized spacial score (nSPS) is 16.8. The van der Waals surface area contributed by atoms with Crippen LogP contribution in [-0.4, -0.2) is 13.1 Å². The Balaban J connectivity index is 1.46. The Morgan fingerprint density at radius 3 is 2.77 bits per heavy atom. The number of aryl methyl sites for hydroxylation is 1. The zero-order valence-electron chi connectivity index (χ0n) is 15.1. The molecule has 0 aliphatic carbocycles. The highest BCUT2D eigenvalue weighted by atomic mass is 79.9. The number of benzene rings is 2. The van der Waals surface area contributed by atoms with E-state index in [0.717, 1.165) is 33.1 Å². The molecule has 2 nitrogen and oxygen atoms in total. The van der Waals surface area contributed by atoms with Crippen LogP contribution in [-0.2, 0) is 13.0 Å². The van der Waals surface area contributed by atoms with E-state index in [1.807, 2.05) is 24.3 Å². The number of unbranched alkanes of at least 4 members (excludes halogenated alkanes) is 2. The Labute approximate surface area is 170 Å². The van der Waals surface area contributed by atoms with Crippen LogP contribution in [0.25, 0.3) is 0 Å². The molecule has 3 rings (SSSR count). The molecular formula is C22H27BrClNO. The molecule has 2 aromatic rings. The van der Waals surface area contributed by atoms with Crippen molar-refractivity contribution >= 4 is 27.5 Å². The highest BCUT2D eigenvalue weighted by Crippen LogP contribution is 2.26. The monoisotopic (exact) mass is 435 g/mol. The zero-order chi connectivity index (χ0) is 18.2. The van der Waals surface area contributed by atoms with Crippen molar-refractivity contribution < 1.29 is 4.74 Å². The van der Waals surface area contributed by atoms with Gasteiger partial charge in [0.15, 0.2) is 0 Å². The van der Waals surface area contributed by atoms with E-state index in [-0.39, 0.29) is 0 Å². The average molecular weight is 437 g/mol. The van der Waals surface area contributed by atoms with Gasteiger partial charge in [-0.2, -0.15) is 0 Å². The Morgan fingerprint density at radius 1 is 1.08 bits per heavy atom. The fourth-order valence-corrected chi connectivity index (χ4v) is 4.33. The molecule has 1 aliphatic rings. The number of hydrogen-bond donors (Lipinski definition) is 1. The van der Waals surface area contributed by atoms with Gasteiger partial charge in [0, 0.05) is 15.1 Å². The van der Waals surface area contributed by atoms with Crippen molar-refractivity contribution in [2.24, 2.45) is 5.92 Å². The fraction of sp³-hybridized carbons (Fsp3) is 0.455. The highest BCUT2D eigenvalue weighted by Gasteiger charge is 2.13. The van der Waals surface area contributed by atoms with Crippen molar-refractivity contribution in [2.75, 3.05) is 13.1 Å². The van der Waals surface area contributed by atoms with E-state index >= 15 is 0 Å². The summed E-state index contributed by atoms with van der Waals surface area (Å²) in [7, 11) is 0.